The molecule has 4 unspecified atom stereocenters. The quantitative estimate of drug-likeness (QED) is 0.216. The van der Waals surface area contributed by atoms with Gasteiger partial charge in [0.2, 0.25) is 0 Å². The van der Waals surface area contributed by atoms with Gasteiger partial charge in [-0.05, 0) is 88.0 Å². The standard InChI is InChI=1S/C36H46N6O2/c1-25(43)35(37)31(27-15-17-39-33-13-5-3-9-29(27)33)11-7-19-41-21-23-42(24-22-41)20-8-12-32(36(38)26(2)44)28-16-18-40-34-14-6-4-10-30(28)34/h3-6,9-10,13-18,31-32,35-36H,7-8,11-12,19-24,37-38H2,1-2H3. The van der Waals surface area contributed by atoms with E-state index in [-0.39, 0.29) is 23.4 Å². The van der Waals surface area contributed by atoms with E-state index in [1.807, 2.05) is 60.9 Å². The van der Waals surface area contributed by atoms with E-state index in [1.165, 1.54) is 0 Å². The summed E-state index contributed by atoms with van der Waals surface area (Å²) in [6, 6.07) is 19.2. The van der Waals surface area contributed by atoms with Crippen LogP contribution < -0.4 is 11.5 Å². The maximum atomic E-state index is 12.3. The van der Waals surface area contributed by atoms with Crippen LogP contribution in [0.2, 0.25) is 0 Å². The summed E-state index contributed by atoms with van der Waals surface area (Å²) in [5.74, 6) is -0.0247. The van der Waals surface area contributed by atoms with Gasteiger partial charge in [-0.15, -0.1) is 0 Å². The molecular weight excluding hydrogens is 548 g/mol. The second-order valence-corrected chi connectivity index (χ2v) is 12.3. The van der Waals surface area contributed by atoms with Gasteiger partial charge in [0.05, 0.1) is 23.1 Å². The van der Waals surface area contributed by atoms with E-state index in [0.717, 1.165) is 97.9 Å². The Hall–Kier alpha value is -3.56. The fourth-order valence-corrected chi connectivity index (χ4v) is 6.81. The minimum Gasteiger partial charge on any atom is -0.321 e. The van der Waals surface area contributed by atoms with Crippen LogP contribution >= 0.6 is 0 Å². The number of ketones is 2. The summed E-state index contributed by atoms with van der Waals surface area (Å²) < 4.78 is 0. The van der Waals surface area contributed by atoms with Crippen molar-refractivity contribution in [2.24, 2.45) is 11.5 Å². The summed E-state index contributed by atoms with van der Waals surface area (Å²) in [6.45, 7) is 9.25. The molecule has 1 aliphatic rings. The molecule has 8 nitrogen and oxygen atoms in total. The van der Waals surface area contributed by atoms with Crippen molar-refractivity contribution in [1.29, 1.82) is 0 Å². The van der Waals surface area contributed by atoms with E-state index in [1.54, 1.807) is 13.8 Å². The number of pyridine rings is 2. The number of carbonyl (C=O) groups excluding carboxylic acids is 2. The molecule has 1 fully saturated rings. The number of rotatable bonds is 14. The van der Waals surface area contributed by atoms with Crippen LogP contribution in [0.5, 0.6) is 0 Å². The van der Waals surface area contributed by atoms with Crippen molar-refractivity contribution < 1.29 is 9.59 Å². The molecule has 2 aromatic carbocycles. The lowest BCUT2D eigenvalue weighted by Crippen LogP contribution is -2.47. The SMILES string of the molecule is CC(=O)C(N)C(CCCN1CCN(CCCC(c2ccnc3ccccc23)C(N)C(C)=O)CC1)c1ccnc2ccccc12. The molecule has 0 radical (unpaired) electrons. The number of para-hydroxylation sites is 2. The molecule has 0 bridgehead atoms. The molecule has 8 heteroatoms. The smallest absolute Gasteiger partial charge is 0.147 e. The van der Waals surface area contributed by atoms with E-state index in [0.29, 0.717) is 0 Å². The number of hydrogen-bond acceptors (Lipinski definition) is 8. The molecule has 1 saturated heterocycles. The highest BCUT2D eigenvalue weighted by Crippen LogP contribution is 2.32. The van der Waals surface area contributed by atoms with Crippen LogP contribution in [-0.2, 0) is 9.59 Å². The van der Waals surface area contributed by atoms with Gasteiger partial charge in [-0.1, -0.05) is 36.4 Å². The van der Waals surface area contributed by atoms with Crippen molar-refractivity contribution in [3.8, 4) is 0 Å². The molecule has 4 N–H and O–H groups in total. The van der Waals surface area contributed by atoms with Gasteiger partial charge < -0.3 is 21.3 Å². The second kappa shape index (κ2) is 14.9. The Balaban J connectivity index is 1.12. The first-order chi connectivity index (χ1) is 21.3. The maximum Gasteiger partial charge on any atom is 0.147 e. The maximum absolute atomic E-state index is 12.3. The van der Waals surface area contributed by atoms with Crippen molar-refractivity contribution in [2.45, 2.75) is 63.5 Å². The van der Waals surface area contributed by atoms with Gasteiger partial charge in [0.25, 0.3) is 0 Å². The highest BCUT2D eigenvalue weighted by molar-refractivity contribution is 5.87. The van der Waals surface area contributed by atoms with Gasteiger partial charge in [-0.3, -0.25) is 19.6 Å². The van der Waals surface area contributed by atoms with Gasteiger partial charge in [0.1, 0.15) is 11.6 Å². The van der Waals surface area contributed by atoms with Crippen LogP contribution in [0.1, 0.15) is 62.5 Å². The Morgan fingerprint density at radius 2 is 1.05 bits per heavy atom. The number of piperazine rings is 1. The molecule has 5 rings (SSSR count). The van der Waals surface area contributed by atoms with Crippen molar-refractivity contribution in [2.75, 3.05) is 39.3 Å². The Morgan fingerprint density at radius 1 is 0.659 bits per heavy atom. The van der Waals surface area contributed by atoms with Crippen molar-refractivity contribution in [1.82, 2.24) is 19.8 Å². The zero-order valence-corrected chi connectivity index (χ0v) is 26.1. The molecular formula is C36H46N6O2. The normalized spacial score (nSPS) is 17.4. The van der Waals surface area contributed by atoms with Crippen LogP contribution in [-0.4, -0.2) is 82.7 Å². The fourth-order valence-electron chi connectivity index (χ4n) is 6.81. The van der Waals surface area contributed by atoms with Crippen molar-refractivity contribution >= 4 is 33.4 Å². The zero-order valence-electron chi connectivity index (χ0n) is 26.1. The lowest BCUT2D eigenvalue weighted by molar-refractivity contribution is -0.119. The van der Waals surface area contributed by atoms with Crippen LogP contribution in [0.15, 0.2) is 73.1 Å². The molecule has 4 atom stereocenters. The predicted octanol–water partition coefficient (Wildman–Crippen LogP) is 4.66. The minimum atomic E-state index is -0.525. The summed E-state index contributed by atoms with van der Waals surface area (Å²) >= 11 is 0. The van der Waals surface area contributed by atoms with Crippen LogP contribution in [0, 0.1) is 0 Å². The number of aromatic nitrogens is 2. The lowest BCUT2D eigenvalue weighted by atomic mass is 9.84. The molecule has 4 aromatic rings. The third kappa shape index (κ3) is 7.56. The Labute approximate surface area is 260 Å². The zero-order chi connectivity index (χ0) is 31.1. The molecule has 0 saturated carbocycles. The molecule has 2 aromatic heterocycles. The molecule has 0 aliphatic carbocycles. The first-order valence-electron chi connectivity index (χ1n) is 16.0. The monoisotopic (exact) mass is 594 g/mol. The van der Waals surface area contributed by atoms with Crippen LogP contribution in [0.3, 0.4) is 0 Å². The predicted molar refractivity (Wildman–Crippen MR) is 178 cm³/mol. The van der Waals surface area contributed by atoms with E-state index < -0.39 is 12.1 Å². The van der Waals surface area contributed by atoms with Gasteiger partial charge in [-0.25, -0.2) is 0 Å². The summed E-state index contributed by atoms with van der Waals surface area (Å²) in [5.41, 5.74) is 17.0. The van der Waals surface area contributed by atoms with Crippen LogP contribution in [0.4, 0.5) is 0 Å². The van der Waals surface area contributed by atoms with Gasteiger partial charge in [0, 0.05) is 61.2 Å². The minimum absolute atomic E-state index is 0.0214. The number of hydrogen-bond donors (Lipinski definition) is 2. The number of Topliss-reactive ketones (excluding diaryl/α,β-unsaturated/α-hetero) is 2. The Kier molecular flexibility index (Phi) is 10.8. The van der Waals surface area contributed by atoms with E-state index in [4.69, 9.17) is 11.5 Å². The summed E-state index contributed by atoms with van der Waals surface area (Å²) in [4.78, 5) is 38.7. The van der Waals surface area contributed by atoms with Crippen molar-refractivity contribution in [3.05, 3.63) is 84.2 Å². The molecule has 3 heterocycles. The first-order valence-corrected chi connectivity index (χ1v) is 16.0. The molecule has 232 valence electrons. The van der Waals surface area contributed by atoms with E-state index in [9.17, 15) is 9.59 Å². The van der Waals surface area contributed by atoms with Gasteiger partial charge in [-0.2, -0.15) is 0 Å². The summed E-state index contributed by atoms with van der Waals surface area (Å²) in [5, 5.41) is 2.16. The first kappa shape index (κ1) is 31.9. The Bertz CT molecular complexity index is 1440. The second-order valence-electron chi connectivity index (χ2n) is 12.3. The lowest BCUT2D eigenvalue weighted by Gasteiger charge is -2.35. The Morgan fingerprint density at radius 3 is 1.43 bits per heavy atom. The van der Waals surface area contributed by atoms with Gasteiger partial charge in [0.15, 0.2) is 0 Å². The average Bonchev–Trinajstić information content (AvgIpc) is 3.05. The number of benzene rings is 2. The molecule has 0 amide bonds. The van der Waals surface area contributed by atoms with Gasteiger partial charge >= 0.3 is 0 Å². The average molecular weight is 595 g/mol. The van der Waals surface area contributed by atoms with E-state index >= 15 is 0 Å². The fraction of sp³-hybridized carbons (Fsp3) is 0.444. The van der Waals surface area contributed by atoms with E-state index in [2.05, 4.69) is 31.9 Å². The molecule has 44 heavy (non-hydrogen) atoms. The number of fused-ring (bicyclic) bond motifs is 2. The number of carbonyl (C=O) groups is 2. The molecule has 1 aliphatic heterocycles. The largest absolute Gasteiger partial charge is 0.321 e. The topological polar surface area (TPSA) is 118 Å². The van der Waals surface area contributed by atoms with Crippen LogP contribution in [0.25, 0.3) is 21.8 Å². The molecule has 0 spiro atoms. The summed E-state index contributed by atoms with van der Waals surface area (Å²) in [6.07, 6.45) is 7.32. The third-order valence-corrected chi connectivity index (χ3v) is 9.41. The highest BCUT2D eigenvalue weighted by Gasteiger charge is 2.27. The number of nitrogens with zero attached hydrogens (tertiary/aromatic N) is 4. The highest BCUT2D eigenvalue weighted by atomic mass is 16.1. The third-order valence-electron chi connectivity index (χ3n) is 9.41. The summed E-state index contributed by atoms with van der Waals surface area (Å²) in [7, 11) is 0. The number of nitrogens with two attached hydrogens (primary N) is 2. The van der Waals surface area contributed by atoms with Crippen molar-refractivity contribution in [3.63, 3.8) is 0 Å².